The van der Waals surface area contributed by atoms with Gasteiger partial charge in [0, 0.05) is 9.50 Å². The quantitative estimate of drug-likeness (QED) is 0.628. The van der Waals surface area contributed by atoms with E-state index in [1.54, 1.807) is 31.2 Å². The lowest BCUT2D eigenvalue weighted by Gasteiger charge is -2.12. The Morgan fingerprint density at radius 3 is 2.82 bits per heavy atom. The molecule has 1 N–H and O–H groups in total. The topological polar surface area (TPSA) is 50.7 Å². The van der Waals surface area contributed by atoms with Crippen LogP contribution in [0.5, 0.6) is 5.75 Å². The van der Waals surface area contributed by atoms with Crippen molar-refractivity contribution >= 4 is 39.7 Å². The van der Waals surface area contributed by atoms with E-state index in [-0.39, 0.29) is 5.91 Å². The van der Waals surface area contributed by atoms with Crippen molar-refractivity contribution in [3.8, 4) is 5.75 Å². The fourth-order valence-corrected chi connectivity index (χ4v) is 2.22. The number of nitrogens with zero attached hydrogens (tertiary/aromatic N) is 1. The molecule has 22 heavy (non-hydrogen) atoms. The van der Waals surface area contributed by atoms with Crippen molar-refractivity contribution in [2.75, 3.05) is 0 Å². The molecule has 2 rings (SSSR count). The first-order chi connectivity index (χ1) is 10.5. The molecule has 114 valence electrons. The number of amides is 1. The fourth-order valence-electron chi connectivity index (χ4n) is 1.65. The minimum Gasteiger partial charge on any atom is -0.481 e. The van der Waals surface area contributed by atoms with Gasteiger partial charge in [-0.15, -0.1) is 0 Å². The number of hydrogen-bond donors (Lipinski definition) is 1. The molecule has 4 nitrogen and oxygen atoms in total. The molecule has 0 heterocycles. The predicted molar refractivity (Wildman–Crippen MR) is 91.4 cm³/mol. The molecule has 2 aromatic carbocycles. The van der Waals surface area contributed by atoms with Crippen molar-refractivity contribution in [1.29, 1.82) is 0 Å². The number of rotatable bonds is 5. The summed E-state index contributed by atoms with van der Waals surface area (Å²) < 4.78 is 6.43. The van der Waals surface area contributed by atoms with Crippen molar-refractivity contribution < 1.29 is 9.53 Å². The van der Waals surface area contributed by atoms with Crippen LogP contribution in [0.3, 0.4) is 0 Å². The molecule has 0 aliphatic rings. The van der Waals surface area contributed by atoms with E-state index in [0.29, 0.717) is 10.8 Å². The van der Waals surface area contributed by atoms with Crippen LogP contribution >= 0.6 is 27.5 Å². The summed E-state index contributed by atoms with van der Waals surface area (Å²) in [5.74, 6) is 0.272. The maximum Gasteiger partial charge on any atom is 0.280 e. The molecule has 2 aromatic rings. The summed E-state index contributed by atoms with van der Waals surface area (Å²) in [6.45, 7) is 1.66. The lowest BCUT2D eigenvalue weighted by Crippen LogP contribution is -2.33. The van der Waals surface area contributed by atoms with Gasteiger partial charge in [0.15, 0.2) is 6.10 Å². The minimum absolute atomic E-state index is 0.335. The highest BCUT2D eigenvalue weighted by Gasteiger charge is 2.13. The number of hydrazone groups is 1. The second-order valence-corrected chi connectivity index (χ2v) is 5.86. The normalized spacial score (nSPS) is 12.1. The van der Waals surface area contributed by atoms with Crippen LogP contribution in [-0.4, -0.2) is 18.2 Å². The van der Waals surface area contributed by atoms with Gasteiger partial charge in [0.1, 0.15) is 5.75 Å². The van der Waals surface area contributed by atoms with Crippen LogP contribution < -0.4 is 10.2 Å². The van der Waals surface area contributed by atoms with Crippen molar-refractivity contribution in [2.24, 2.45) is 5.10 Å². The maximum atomic E-state index is 11.9. The number of benzene rings is 2. The SMILES string of the molecule is C[C@H](Oc1cccc(Br)c1)C(=O)N/N=C\c1cccc(Cl)c1. The van der Waals surface area contributed by atoms with E-state index >= 15 is 0 Å². The molecule has 0 aliphatic heterocycles. The molecule has 0 saturated carbocycles. The Morgan fingerprint density at radius 1 is 1.32 bits per heavy atom. The number of nitrogens with one attached hydrogen (secondary N) is 1. The molecular formula is C16H14BrClN2O2. The number of carbonyl (C=O) groups excluding carboxylic acids is 1. The third kappa shape index (κ3) is 5.16. The average molecular weight is 382 g/mol. The fraction of sp³-hybridized carbons (Fsp3) is 0.125. The van der Waals surface area contributed by atoms with Crippen LogP contribution in [0.2, 0.25) is 5.02 Å². The van der Waals surface area contributed by atoms with E-state index in [2.05, 4.69) is 26.5 Å². The van der Waals surface area contributed by atoms with E-state index in [1.165, 1.54) is 6.21 Å². The Labute approximate surface area is 142 Å². The predicted octanol–water partition coefficient (Wildman–Crippen LogP) is 4.02. The Balaban J connectivity index is 1.89. The van der Waals surface area contributed by atoms with E-state index in [1.807, 2.05) is 24.3 Å². The Kier molecular flexibility index (Phi) is 5.98. The van der Waals surface area contributed by atoms with Crippen LogP contribution in [0.25, 0.3) is 0 Å². The van der Waals surface area contributed by atoms with Gasteiger partial charge in [-0.25, -0.2) is 5.43 Å². The summed E-state index contributed by atoms with van der Waals surface area (Å²) in [4.78, 5) is 11.9. The van der Waals surface area contributed by atoms with Gasteiger partial charge in [0.05, 0.1) is 6.21 Å². The van der Waals surface area contributed by atoms with E-state index < -0.39 is 6.10 Å². The molecule has 0 saturated heterocycles. The smallest absolute Gasteiger partial charge is 0.280 e. The highest BCUT2D eigenvalue weighted by atomic mass is 79.9. The Hall–Kier alpha value is -1.85. The van der Waals surface area contributed by atoms with Crippen molar-refractivity contribution in [1.82, 2.24) is 5.43 Å². The lowest BCUT2D eigenvalue weighted by atomic mass is 10.2. The number of hydrogen-bond acceptors (Lipinski definition) is 3. The van der Waals surface area contributed by atoms with Crippen LogP contribution in [0.15, 0.2) is 58.1 Å². The van der Waals surface area contributed by atoms with Gasteiger partial charge in [-0.1, -0.05) is 45.7 Å². The van der Waals surface area contributed by atoms with E-state index in [9.17, 15) is 4.79 Å². The van der Waals surface area contributed by atoms with Crippen molar-refractivity contribution in [3.63, 3.8) is 0 Å². The molecule has 0 fully saturated rings. The zero-order valence-electron chi connectivity index (χ0n) is 11.8. The Morgan fingerprint density at radius 2 is 2.09 bits per heavy atom. The van der Waals surface area contributed by atoms with Crippen LogP contribution in [0, 0.1) is 0 Å². The van der Waals surface area contributed by atoms with Crippen molar-refractivity contribution in [3.05, 3.63) is 63.6 Å². The molecular weight excluding hydrogens is 368 g/mol. The first kappa shape index (κ1) is 16.5. The third-order valence-corrected chi connectivity index (χ3v) is 3.44. The molecule has 0 unspecified atom stereocenters. The second-order valence-electron chi connectivity index (χ2n) is 4.51. The molecule has 0 bridgehead atoms. The number of halogens is 2. The molecule has 0 spiro atoms. The van der Waals surface area contributed by atoms with Crippen molar-refractivity contribution in [2.45, 2.75) is 13.0 Å². The average Bonchev–Trinajstić information content (AvgIpc) is 2.47. The summed E-state index contributed by atoms with van der Waals surface area (Å²) in [6.07, 6.45) is 0.862. The highest BCUT2D eigenvalue weighted by Crippen LogP contribution is 2.18. The first-order valence-electron chi connectivity index (χ1n) is 6.55. The summed E-state index contributed by atoms with van der Waals surface area (Å²) >= 11 is 9.21. The zero-order valence-corrected chi connectivity index (χ0v) is 14.1. The van der Waals surface area contributed by atoms with Gasteiger partial charge in [-0.3, -0.25) is 4.79 Å². The second kappa shape index (κ2) is 7.96. The summed E-state index contributed by atoms with van der Waals surface area (Å²) in [5.41, 5.74) is 3.24. The highest BCUT2D eigenvalue weighted by molar-refractivity contribution is 9.10. The van der Waals surface area contributed by atoms with Gasteiger partial charge in [-0.05, 0) is 42.8 Å². The third-order valence-electron chi connectivity index (χ3n) is 2.72. The minimum atomic E-state index is -0.661. The number of ether oxygens (including phenoxy) is 1. The molecule has 1 atom stereocenters. The zero-order chi connectivity index (χ0) is 15.9. The van der Waals surface area contributed by atoms with E-state index in [4.69, 9.17) is 16.3 Å². The summed E-state index contributed by atoms with van der Waals surface area (Å²) in [5, 5.41) is 4.50. The number of carbonyl (C=O) groups is 1. The van der Waals surface area contributed by atoms with Gasteiger partial charge in [0.2, 0.25) is 0 Å². The molecule has 1 amide bonds. The van der Waals surface area contributed by atoms with Crippen LogP contribution in [0.1, 0.15) is 12.5 Å². The molecule has 6 heteroatoms. The van der Waals surface area contributed by atoms with Gasteiger partial charge in [0.25, 0.3) is 5.91 Å². The van der Waals surface area contributed by atoms with E-state index in [0.717, 1.165) is 10.0 Å². The summed E-state index contributed by atoms with van der Waals surface area (Å²) in [6, 6.07) is 14.5. The maximum absolute atomic E-state index is 11.9. The van der Waals surface area contributed by atoms with Gasteiger partial charge in [-0.2, -0.15) is 5.10 Å². The lowest BCUT2D eigenvalue weighted by molar-refractivity contribution is -0.127. The van der Waals surface area contributed by atoms with Gasteiger partial charge >= 0.3 is 0 Å². The molecule has 0 radical (unpaired) electrons. The van der Waals surface area contributed by atoms with Crippen LogP contribution in [0.4, 0.5) is 0 Å². The summed E-state index contributed by atoms with van der Waals surface area (Å²) in [7, 11) is 0. The first-order valence-corrected chi connectivity index (χ1v) is 7.72. The van der Waals surface area contributed by atoms with Gasteiger partial charge < -0.3 is 4.74 Å². The molecule has 0 aliphatic carbocycles. The monoisotopic (exact) mass is 380 g/mol. The Bertz CT molecular complexity index is 691. The molecule has 0 aromatic heterocycles. The largest absolute Gasteiger partial charge is 0.481 e. The van der Waals surface area contributed by atoms with Crippen LogP contribution in [-0.2, 0) is 4.79 Å². The standard InChI is InChI=1S/C16H14BrClN2O2/c1-11(22-15-7-3-5-13(17)9-15)16(21)20-19-10-12-4-2-6-14(18)8-12/h2-11H,1H3,(H,20,21)/b19-10-/t11-/m0/s1.